The van der Waals surface area contributed by atoms with Crippen molar-refractivity contribution in [3.63, 3.8) is 0 Å². The van der Waals surface area contributed by atoms with E-state index in [1.807, 2.05) is 11.4 Å². The fourth-order valence-corrected chi connectivity index (χ4v) is 2.18. The largest absolute Gasteiger partial charge is 0.312 e. The lowest BCUT2D eigenvalue weighted by molar-refractivity contribution is 0.634. The van der Waals surface area contributed by atoms with E-state index >= 15 is 0 Å². The SMILES string of the molecule is C#CCCCCNCc1cc(Cl)cs1. The molecule has 1 heterocycles. The highest BCUT2D eigenvalue weighted by Gasteiger charge is 1.96. The minimum Gasteiger partial charge on any atom is -0.312 e. The molecule has 1 rings (SSSR count). The highest BCUT2D eigenvalue weighted by Crippen LogP contribution is 2.18. The number of terminal acetylenes is 1. The summed E-state index contributed by atoms with van der Waals surface area (Å²) in [6.45, 7) is 1.94. The summed E-state index contributed by atoms with van der Waals surface area (Å²) in [5.41, 5.74) is 0. The lowest BCUT2D eigenvalue weighted by atomic mass is 10.2. The van der Waals surface area contributed by atoms with Crippen LogP contribution < -0.4 is 5.32 Å². The summed E-state index contributed by atoms with van der Waals surface area (Å²) in [5.74, 6) is 2.64. The van der Waals surface area contributed by atoms with Gasteiger partial charge < -0.3 is 5.32 Å². The first-order valence-corrected chi connectivity index (χ1v) is 5.96. The Bertz CT molecular complexity index is 300. The predicted octanol–water partition coefficient (Wildman–Crippen LogP) is 3.29. The first-order valence-electron chi connectivity index (χ1n) is 4.70. The molecule has 0 saturated carbocycles. The van der Waals surface area contributed by atoms with Crippen LogP contribution in [0.4, 0.5) is 0 Å². The summed E-state index contributed by atoms with van der Waals surface area (Å²) in [5, 5.41) is 6.14. The van der Waals surface area contributed by atoms with Gasteiger partial charge in [-0.3, -0.25) is 0 Å². The van der Waals surface area contributed by atoms with E-state index in [0.29, 0.717) is 0 Å². The van der Waals surface area contributed by atoms with Crippen molar-refractivity contribution in [1.29, 1.82) is 0 Å². The van der Waals surface area contributed by atoms with E-state index in [2.05, 4.69) is 11.2 Å². The van der Waals surface area contributed by atoms with Crippen LogP contribution in [0, 0.1) is 12.3 Å². The molecule has 0 unspecified atom stereocenters. The standard InChI is InChI=1S/C11H14ClNS/c1-2-3-4-5-6-13-8-11-7-10(12)9-14-11/h1,7,9,13H,3-6,8H2. The summed E-state index contributed by atoms with van der Waals surface area (Å²) >= 11 is 7.49. The van der Waals surface area contributed by atoms with E-state index in [0.717, 1.165) is 37.4 Å². The summed E-state index contributed by atoms with van der Waals surface area (Å²) in [7, 11) is 0. The van der Waals surface area contributed by atoms with Gasteiger partial charge in [0.1, 0.15) is 0 Å². The third kappa shape index (κ3) is 4.66. The minimum absolute atomic E-state index is 0.833. The Morgan fingerprint density at radius 1 is 1.50 bits per heavy atom. The van der Waals surface area contributed by atoms with Crippen LogP contribution in [0.1, 0.15) is 24.1 Å². The van der Waals surface area contributed by atoms with Gasteiger partial charge in [-0.15, -0.1) is 23.7 Å². The molecule has 0 aliphatic carbocycles. The van der Waals surface area contributed by atoms with Crippen molar-refractivity contribution in [1.82, 2.24) is 5.32 Å². The van der Waals surface area contributed by atoms with Gasteiger partial charge in [-0.25, -0.2) is 0 Å². The third-order valence-corrected chi connectivity index (χ3v) is 3.13. The Hall–Kier alpha value is -0.490. The van der Waals surface area contributed by atoms with Crippen LogP contribution in [0.3, 0.4) is 0 Å². The molecular formula is C11H14ClNS. The normalized spacial score (nSPS) is 10.0. The second kappa shape index (κ2) is 6.89. The summed E-state index contributed by atoms with van der Waals surface area (Å²) in [6, 6.07) is 2.00. The lowest BCUT2D eigenvalue weighted by Gasteiger charge is -2.00. The van der Waals surface area contributed by atoms with Crippen molar-refractivity contribution >= 4 is 22.9 Å². The van der Waals surface area contributed by atoms with Gasteiger partial charge in [0.2, 0.25) is 0 Å². The molecule has 1 nitrogen and oxygen atoms in total. The zero-order valence-corrected chi connectivity index (χ0v) is 9.63. The van der Waals surface area contributed by atoms with Crippen LogP contribution in [0.5, 0.6) is 0 Å². The maximum Gasteiger partial charge on any atom is 0.0516 e. The monoisotopic (exact) mass is 227 g/mol. The number of thiophene rings is 1. The fourth-order valence-electron chi connectivity index (χ4n) is 1.14. The molecule has 1 N–H and O–H groups in total. The molecule has 0 amide bonds. The van der Waals surface area contributed by atoms with Crippen molar-refractivity contribution < 1.29 is 0 Å². The van der Waals surface area contributed by atoms with Gasteiger partial charge in [0, 0.05) is 23.2 Å². The van der Waals surface area contributed by atoms with Crippen molar-refractivity contribution in [2.24, 2.45) is 0 Å². The zero-order valence-electron chi connectivity index (χ0n) is 8.05. The number of nitrogens with one attached hydrogen (secondary N) is 1. The van der Waals surface area contributed by atoms with Crippen LogP contribution in [-0.4, -0.2) is 6.54 Å². The molecular weight excluding hydrogens is 214 g/mol. The van der Waals surface area contributed by atoms with E-state index in [-0.39, 0.29) is 0 Å². The topological polar surface area (TPSA) is 12.0 Å². The van der Waals surface area contributed by atoms with Gasteiger partial charge in [0.05, 0.1) is 5.02 Å². The maximum atomic E-state index is 5.80. The molecule has 0 bridgehead atoms. The Kier molecular flexibility index (Phi) is 5.70. The van der Waals surface area contributed by atoms with E-state index in [9.17, 15) is 0 Å². The Morgan fingerprint density at radius 2 is 2.36 bits per heavy atom. The molecule has 14 heavy (non-hydrogen) atoms. The highest BCUT2D eigenvalue weighted by atomic mass is 35.5. The van der Waals surface area contributed by atoms with Crippen LogP contribution >= 0.6 is 22.9 Å². The van der Waals surface area contributed by atoms with Crippen LogP contribution in [0.25, 0.3) is 0 Å². The molecule has 0 fully saturated rings. The van der Waals surface area contributed by atoms with Crippen molar-refractivity contribution in [3.8, 4) is 12.3 Å². The van der Waals surface area contributed by atoms with Gasteiger partial charge in [-0.1, -0.05) is 11.6 Å². The Morgan fingerprint density at radius 3 is 3.00 bits per heavy atom. The van der Waals surface area contributed by atoms with Gasteiger partial charge in [-0.05, 0) is 25.5 Å². The summed E-state index contributed by atoms with van der Waals surface area (Å²) < 4.78 is 0. The zero-order chi connectivity index (χ0) is 10.2. The van der Waals surface area contributed by atoms with Gasteiger partial charge in [0.15, 0.2) is 0 Å². The first kappa shape index (κ1) is 11.6. The van der Waals surface area contributed by atoms with Crippen LogP contribution in [0.15, 0.2) is 11.4 Å². The number of hydrogen-bond donors (Lipinski definition) is 1. The summed E-state index contributed by atoms with van der Waals surface area (Å²) in [4.78, 5) is 1.28. The number of halogens is 1. The highest BCUT2D eigenvalue weighted by molar-refractivity contribution is 7.10. The molecule has 76 valence electrons. The average molecular weight is 228 g/mol. The molecule has 0 aromatic carbocycles. The fraction of sp³-hybridized carbons (Fsp3) is 0.455. The molecule has 3 heteroatoms. The predicted molar refractivity (Wildman–Crippen MR) is 63.7 cm³/mol. The average Bonchev–Trinajstić information content (AvgIpc) is 2.58. The van der Waals surface area contributed by atoms with E-state index < -0.39 is 0 Å². The lowest BCUT2D eigenvalue weighted by Crippen LogP contribution is -2.13. The van der Waals surface area contributed by atoms with E-state index in [1.165, 1.54) is 4.88 Å². The number of hydrogen-bond acceptors (Lipinski definition) is 2. The molecule has 0 aliphatic heterocycles. The molecule has 0 radical (unpaired) electrons. The van der Waals surface area contributed by atoms with Gasteiger partial charge >= 0.3 is 0 Å². The van der Waals surface area contributed by atoms with Gasteiger partial charge in [0.25, 0.3) is 0 Å². The molecule has 1 aromatic rings. The van der Waals surface area contributed by atoms with Crippen molar-refractivity contribution in [2.45, 2.75) is 25.8 Å². The van der Waals surface area contributed by atoms with E-state index in [1.54, 1.807) is 11.3 Å². The second-order valence-corrected chi connectivity index (χ2v) is 4.50. The molecule has 0 atom stereocenters. The second-order valence-electron chi connectivity index (χ2n) is 3.07. The molecule has 0 spiro atoms. The first-order chi connectivity index (χ1) is 6.83. The van der Waals surface area contributed by atoms with Crippen molar-refractivity contribution in [2.75, 3.05) is 6.54 Å². The van der Waals surface area contributed by atoms with Gasteiger partial charge in [-0.2, -0.15) is 0 Å². The summed E-state index contributed by atoms with van der Waals surface area (Å²) in [6.07, 6.45) is 8.28. The molecule has 0 saturated heterocycles. The Labute approximate surface area is 94.5 Å². The molecule has 1 aromatic heterocycles. The third-order valence-electron chi connectivity index (χ3n) is 1.85. The van der Waals surface area contributed by atoms with Crippen molar-refractivity contribution in [3.05, 3.63) is 21.3 Å². The quantitative estimate of drug-likeness (QED) is 0.581. The Balaban J connectivity index is 2.02. The minimum atomic E-state index is 0.833. The number of unbranched alkanes of at least 4 members (excludes halogenated alkanes) is 2. The van der Waals surface area contributed by atoms with E-state index in [4.69, 9.17) is 18.0 Å². The maximum absolute atomic E-state index is 5.80. The van der Waals surface area contributed by atoms with Crippen LogP contribution in [0.2, 0.25) is 5.02 Å². The smallest absolute Gasteiger partial charge is 0.0516 e. The number of rotatable bonds is 6. The van der Waals surface area contributed by atoms with Crippen LogP contribution in [-0.2, 0) is 6.54 Å². The molecule has 0 aliphatic rings.